The Morgan fingerprint density at radius 2 is 2.33 bits per heavy atom. The Labute approximate surface area is 76.0 Å². The Morgan fingerprint density at radius 1 is 1.58 bits per heavy atom. The minimum atomic E-state index is -0.549. The van der Waals surface area contributed by atoms with Gasteiger partial charge in [-0.1, -0.05) is 6.07 Å². The van der Waals surface area contributed by atoms with Crippen LogP contribution in [0, 0.1) is 0 Å². The monoisotopic (exact) mass is 181 g/mol. The van der Waals surface area contributed by atoms with Crippen LogP contribution in [0.15, 0.2) is 23.4 Å². The van der Waals surface area contributed by atoms with Crippen molar-refractivity contribution in [1.29, 1.82) is 0 Å². The minimum absolute atomic E-state index is 0.549. The van der Waals surface area contributed by atoms with Crippen LogP contribution >= 0.6 is 11.8 Å². The third-order valence-electron chi connectivity index (χ3n) is 2.19. The van der Waals surface area contributed by atoms with E-state index in [0.29, 0.717) is 0 Å². The molecule has 1 fully saturated rings. The second-order valence-electron chi connectivity index (χ2n) is 3.09. The summed E-state index contributed by atoms with van der Waals surface area (Å²) in [5.41, 5.74) is 0.449. The molecule has 64 valence electrons. The molecule has 12 heavy (non-hydrogen) atoms. The van der Waals surface area contributed by atoms with Crippen molar-refractivity contribution in [2.24, 2.45) is 0 Å². The van der Waals surface area contributed by atoms with Crippen molar-refractivity contribution in [1.82, 2.24) is 4.98 Å². The Balaban J connectivity index is 2.42. The number of hydrogen-bond acceptors (Lipinski definition) is 3. The van der Waals surface area contributed by atoms with E-state index < -0.39 is 5.60 Å². The van der Waals surface area contributed by atoms with Crippen molar-refractivity contribution in [2.45, 2.75) is 23.5 Å². The van der Waals surface area contributed by atoms with Crippen LogP contribution in [0.3, 0.4) is 0 Å². The highest BCUT2D eigenvalue weighted by Gasteiger charge is 2.43. The van der Waals surface area contributed by atoms with E-state index in [-0.39, 0.29) is 0 Å². The molecule has 1 aromatic heterocycles. The van der Waals surface area contributed by atoms with E-state index in [0.717, 1.165) is 23.4 Å². The molecule has 1 saturated carbocycles. The summed E-state index contributed by atoms with van der Waals surface area (Å²) in [6.07, 6.45) is 5.51. The molecule has 1 aliphatic rings. The highest BCUT2D eigenvalue weighted by molar-refractivity contribution is 7.98. The summed E-state index contributed by atoms with van der Waals surface area (Å²) < 4.78 is 0. The van der Waals surface area contributed by atoms with Gasteiger partial charge < -0.3 is 5.11 Å². The van der Waals surface area contributed by atoms with Crippen molar-refractivity contribution < 1.29 is 5.11 Å². The number of aromatic nitrogens is 1. The van der Waals surface area contributed by atoms with Crippen LogP contribution in [0.25, 0.3) is 0 Å². The first-order valence-electron chi connectivity index (χ1n) is 3.98. The van der Waals surface area contributed by atoms with Gasteiger partial charge >= 0.3 is 0 Å². The van der Waals surface area contributed by atoms with Crippen molar-refractivity contribution in [2.75, 3.05) is 6.26 Å². The zero-order chi connectivity index (χ0) is 8.60. The molecule has 0 aliphatic heterocycles. The summed E-state index contributed by atoms with van der Waals surface area (Å²) in [5.74, 6) is 0. The van der Waals surface area contributed by atoms with Crippen LogP contribution in [-0.2, 0) is 5.60 Å². The highest BCUT2D eigenvalue weighted by atomic mass is 32.2. The molecule has 2 nitrogen and oxygen atoms in total. The average molecular weight is 181 g/mol. The van der Waals surface area contributed by atoms with Crippen LogP contribution in [0.5, 0.6) is 0 Å². The Kier molecular flexibility index (Phi) is 1.85. The average Bonchev–Trinajstić information content (AvgIpc) is 2.85. The van der Waals surface area contributed by atoms with Crippen molar-refractivity contribution >= 4 is 11.8 Å². The van der Waals surface area contributed by atoms with Gasteiger partial charge in [0.2, 0.25) is 0 Å². The topological polar surface area (TPSA) is 33.1 Å². The van der Waals surface area contributed by atoms with E-state index in [1.54, 1.807) is 18.0 Å². The predicted molar refractivity (Wildman–Crippen MR) is 49.1 cm³/mol. The fourth-order valence-corrected chi connectivity index (χ4v) is 1.94. The molecule has 0 radical (unpaired) electrons. The van der Waals surface area contributed by atoms with Gasteiger partial charge in [0.15, 0.2) is 0 Å². The molecule has 0 aromatic carbocycles. The summed E-state index contributed by atoms with van der Waals surface area (Å²) in [5, 5.41) is 10.8. The number of rotatable bonds is 2. The molecular weight excluding hydrogens is 170 g/mol. The second-order valence-corrected chi connectivity index (χ2v) is 3.89. The van der Waals surface area contributed by atoms with Crippen LogP contribution in [-0.4, -0.2) is 16.3 Å². The summed E-state index contributed by atoms with van der Waals surface area (Å²) in [6.45, 7) is 0. The molecule has 0 bridgehead atoms. The lowest BCUT2D eigenvalue weighted by molar-refractivity contribution is 0.147. The van der Waals surface area contributed by atoms with Crippen LogP contribution in [0.1, 0.15) is 18.4 Å². The van der Waals surface area contributed by atoms with Gasteiger partial charge in [0, 0.05) is 11.8 Å². The SMILES string of the molecule is CSc1ncccc1C1(O)CC1. The largest absolute Gasteiger partial charge is 0.385 e. The molecule has 1 aliphatic carbocycles. The van der Waals surface area contributed by atoms with E-state index in [4.69, 9.17) is 0 Å². The number of pyridine rings is 1. The van der Waals surface area contributed by atoms with Gasteiger partial charge in [-0.15, -0.1) is 11.8 Å². The Hall–Kier alpha value is -0.540. The van der Waals surface area contributed by atoms with Gasteiger partial charge in [-0.05, 0) is 25.2 Å². The smallest absolute Gasteiger partial charge is 0.102 e. The normalized spacial score (nSPS) is 19.2. The van der Waals surface area contributed by atoms with Crippen LogP contribution in [0.4, 0.5) is 0 Å². The maximum atomic E-state index is 9.86. The van der Waals surface area contributed by atoms with E-state index in [1.807, 2.05) is 18.4 Å². The maximum absolute atomic E-state index is 9.86. The van der Waals surface area contributed by atoms with Gasteiger partial charge in [0.1, 0.15) is 5.03 Å². The third-order valence-corrected chi connectivity index (χ3v) is 2.90. The van der Waals surface area contributed by atoms with E-state index in [9.17, 15) is 5.11 Å². The lowest BCUT2D eigenvalue weighted by Gasteiger charge is -2.10. The summed E-state index contributed by atoms with van der Waals surface area (Å²) in [7, 11) is 0. The quantitative estimate of drug-likeness (QED) is 0.706. The number of thioether (sulfide) groups is 1. The van der Waals surface area contributed by atoms with Crippen molar-refractivity contribution in [3.05, 3.63) is 23.9 Å². The minimum Gasteiger partial charge on any atom is -0.385 e. The van der Waals surface area contributed by atoms with Gasteiger partial charge in [-0.25, -0.2) is 4.98 Å². The molecule has 0 atom stereocenters. The number of hydrogen-bond donors (Lipinski definition) is 1. The molecule has 0 amide bonds. The van der Waals surface area contributed by atoms with Gasteiger partial charge in [-0.2, -0.15) is 0 Å². The molecule has 2 rings (SSSR count). The zero-order valence-electron chi connectivity index (χ0n) is 6.95. The van der Waals surface area contributed by atoms with E-state index in [2.05, 4.69) is 4.98 Å². The molecule has 0 unspecified atom stereocenters. The fraction of sp³-hybridized carbons (Fsp3) is 0.444. The molecule has 1 N–H and O–H groups in total. The van der Waals surface area contributed by atoms with Crippen LogP contribution < -0.4 is 0 Å². The van der Waals surface area contributed by atoms with E-state index in [1.165, 1.54) is 0 Å². The van der Waals surface area contributed by atoms with Gasteiger partial charge in [0.25, 0.3) is 0 Å². The molecular formula is C9H11NOS. The third kappa shape index (κ3) is 1.23. The highest BCUT2D eigenvalue weighted by Crippen LogP contribution is 2.47. The number of aliphatic hydroxyl groups is 1. The lowest BCUT2D eigenvalue weighted by Crippen LogP contribution is -2.06. The first-order chi connectivity index (χ1) is 5.76. The lowest BCUT2D eigenvalue weighted by atomic mass is 10.1. The first kappa shape index (κ1) is 8.08. The fourth-order valence-electron chi connectivity index (χ4n) is 1.30. The standard InChI is InChI=1S/C9H11NOS/c1-12-8-7(3-2-6-10-8)9(11)4-5-9/h2-3,6,11H,4-5H2,1H3. The predicted octanol–water partition coefficient (Wildman–Crippen LogP) is 1.78. The first-order valence-corrected chi connectivity index (χ1v) is 5.20. The van der Waals surface area contributed by atoms with Crippen molar-refractivity contribution in [3.63, 3.8) is 0 Å². The molecule has 0 saturated heterocycles. The summed E-state index contributed by atoms with van der Waals surface area (Å²) >= 11 is 1.59. The Bertz CT molecular complexity index is 296. The maximum Gasteiger partial charge on any atom is 0.102 e. The molecule has 3 heteroatoms. The van der Waals surface area contributed by atoms with Crippen molar-refractivity contribution in [3.8, 4) is 0 Å². The van der Waals surface area contributed by atoms with Gasteiger partial charge in [0.05, 0.1) is 5.60 Å². The summed E-state index contributed by atoms with van der Waals surface area (Å²) in [6, 6.07) is 3.84. The van der Waals surface area contributed by atoms with E-state index >= 15 is 0 Å². The molecule has 1 heterocycles. The Morgan fingerprint density at radius 3 is 2.92 bits per heavy atom. The second kappa shape index (κ2) is 2.75. The molecule has 1 aromatic rings. The van der Waals surface area contributed by atoms with Gasteiger partial charge in [-0.3, -0.25) is 0 Å². The zero-order valence-corrected chi connectivity index (χ0v) is 7.77. The summed E-state index contributed by atoms with van der Waals surface area (Å²) in [4.78, 5) is 4.21. The van der Waals surface area contributed by atoms with Crippen LogP contribution in [0.2, 0.25) is 0 Å². The molecule has 0 spiro atoms. The number of nitrogens with zero attached hydrogens (tertiary/aromatic N) is 1.